The first-order valence-electron chi connectivity index (χ1n) is 9.34. The Morgan fingerprint density at radius 2 is 1.53 bits per heavy atom. The largest absolute Gasteiger partial charge is 0.338 e. The minimum absolute atomic E-state index is 0.147. The molecule has 0 aliphatic heterocycles. The number of amides is 2. The molecule has 0 spiro atoms. The highest BCUT2D eigenvalue weighted by molar-refractivity contribution is 6.04. The Morgan fingerprint density at radius 3 is 2.23 bits per heavy atom. The van der Waals surface area contributed by atoms with Crippen LogP contribution >= 0.6 is 0 Å². The normalized spacial score (nSPS) is 10.4. The highest BCUT2D eigenvalue weighted by Gasteiger charge is 2.08. The molecule has 2 amide bonds. The molecule has 0 bridgehead atoms. The fourth-order valence-electron chi connectivity index (χ4n) is 2.99. The molecule has 4 aromatic rings. The third kappa shape index (κ3) is 4.41. The molecule has 0 fully saturated rings. The van der Waals surface area contributed by atoms with Crippen LogP contribution in [-0.4, -0.2) is 21.8 Å². The lowest BCUT2D eigenvalue weighted by atomic mass is 10.2. The van der Waals surface area contributed by atoms with Crippen LogP contribution in [0.1, 0.15) is 17.3 Å². The van der Waals surface area contributed by atoms with Gasteiger partial charge in [0.1, 0.15) is 5.82 Å². The Kier molecular flexibility index (Phi) is 5.34. The van der Waals surface area contributed by atoms with E-state index in [9.17, 15) is 9.59 Å². The van der Waals surface area contributed by atoms with Crippen molar-refractivity contribution < 1.29 is 9.59 Å². The second kappa shape index (κ2) is 8.40. The molecule has 148 valence electrons. The zero-order valence-electron chi connectivity index (χ0n) is 16.2. The number of carbonyl (C=O) groups is 2. The van der Waals surface area contributed by atoms with E-state index in [4.69, 9.17) is 0 Å². The molecule has 2 aromatic heterocycles. The van der Waals surface area contributed by atoms with Crippen LogP contribution in [0.3, 0.4) is 0 Å². The minimum Gasteiger partial charge on any atom is -0.338 e. The first kappa shape index (κ1) is 19.1. The number of pyridine rings is 2. The molecular weight excluding hydrogens is 378 g/mol. The summed E-state index contributed by atoms with van der Waals surface area (Å²) < 4.78 is 0. The van der Waals surface area contributed by atoms with E-state index in [-0.39, 0.29) is 11.8 Å². The van der Waals surface area contributed by atoms with Gasteiger partial charge in [-0.2, -0.15) is 0 Å². The van der Waals surface area contributed by atoms with Gasteiger partial charge in [-0.3, -0.25) is 14.6 Å². The van der Waals surface area contributed by atoms with E-state index >= 15 is 0 Å². The van der Waals surface area contributed by atoms with Crippen LogP contribution in [0.25, 0.3) is 10.9 Å². The van der Waals surface area contributed by atoms with Crippen LogP contribution in [0.2, 0.25) is 0 Å². The highest BCUT2D eigenvalue weighted by atomic mass is 16.2. The molecule has 4 rings (SSSR count). The van der Waals surface area contributed by atoms with E-state index in [0.717, 1.165) is 16.6 Å². The van der Waals surface area contributed by atoms with Gasteiger partial charge in [0.15, 0.2) is 0 Å². The van der Waals surface area contributed by atoms with E-state index in [1.165, 1.54) is 13.1 Å². The predicted octanol–water partition coefficient (Wildman–Crippen LogP) is 4.58. The summed E-state index contributed by atoms with van der Waals surface area (Å²) in [5, 5.41) is 9.77. The van der Waals surface area contributed by atoms with Gasteiger partial charge in [-0.05, 0) is 48.5 Å². The monoisotopic (exact) mass is 397 g/mol. The first-order valence-corrected chi connectivity index (χ1v) is 9.34. The lowest BCUT2D eigenvalue weighted by Gasteiger charge is -2.10. The SMILES string of the molecule is CC(=O)Nc1ccc(NC(=O)c2ccc(Nc3cccc4cccnc34)nc2)cc1. The summed E-state index contributed by atoms with van der Waals surface area (Å²) in [6.07, 6.45) is 3.26. The number of para-hydroxylation sites is 1. The molecule has 30 heavy (non-hydrogen) atoms. The summed E-state index contributed by atoms with van der Waals surface area (Å²) in [6.45, 7) is 1.44. The zero-order chi connectivity index (χ0) is 20.9. The number of nitrogens with zero attached hydrogens (tertiary/aromatic N) is 2. The fraction of sp³-hybridized carbons (Fsp3) is 0.0435. The molecule has 2 heterocycles. The second-order valence-corrected chi connectivity index (χ2v) is 6.65. The van der Waals surface area contributed by atoms with Crippen LogP contribution in [0.5, 0.6) is 0 Å². The summed E-state index contributed by atoms with van der Waals surface area (Å²) in [5.41, 5.74) is 3.42. The topological polar surface area (TPSA) is 96.0 Å². The standard InChI is InChI=1S/C23H19N5O2/c1-15(29)26-18-8-10-19(11-9-18)27-23(30)17-7-12-21(25-14-17)28-20-6-2-4-16-5-3-13-24-22(16)20/h2-14H,1H3,(H,25,28)(H,26,29)(H,27,30). The third-order valence-electron chi connectivity index (χ3n) is 4.38. The minimum atomic E-state index is -0.270. The van der Waals surface area contributed by atoms with Crippen molar-refractivity contribution >= 4 is 45.6 Å². The van der Waals surface area contributed by atoms with Gasteiger partial charge in [0.2, 0.25) is 5.91 Å². The molecule has 0 aliphatic carbocycles. The molecule has 2 aromatic carbocycles. The number of fused-ring (bicyclic) bond motifs is 1. The smallest absolute Gasteiger partial charge is 0.257 e. The highest BCUT2D eigenvalue weighted by Crippen LogP contribution is 2.23. The van der Waals surface area contributed by atoms with E-state index in [1.54, 1.807) is 42.6 Å². The Labute approximate surface area is 173 Å². The third-order valence-corrected chi connectivity index (χ3v) is 4.38. The second-order valence-electron chi connectivity index (χ2n) is 6.65. The van der Waals surface area contributed by atoms with Gasteiger partial charge in [0, 0.05) is 36.1 Å². The maximum absolute atomic E-state index is 12.5. The van der Waals surface area contributed by atoms with Crippen molar-refractivity contribution in [3.05, 3.63) is 84.7 Å². The number of carbonyl (C=O) groups excluding carboxylic acids is 2. The number of benzene rings is 2. The van der Waals surface area contributed by atoms with E-state index in [0.29, 0.717) is 22.8 Å². The maximum Gasteiger partial charge on any atom is 0.257 e. The summed E-state index contributed by atoms with van der Waals surface area (Å²) in [5.74, 6) is 0.198. The van der Waals surface area contributed by atoms with Gasteiger partial charge in [-0.1, -0.05) is 18.2 Å². The molecule has 0 saturated carbocycles. The summed E-state index contributed by atoms with van der Waals surface area (Å²) >= 11 is 0. The molecular formula is C23H19N5O2. The molecule has 0 saturated heterocycles. The molecule has 0 atom stereocenters. The van der Waals surface area contributed by atoms with Crippen molar-refractivity contribution in [2.24, 2.45) is 0 Å². The van der Waals surface area contributed by atoms with Crippen molar-refractivity contribution in [3.63, 3.8) is 0 Å². The number of hydrogen-bond acceptors (Lipinski definition) is 5. The van der Waals surface area contributed by atoms with Gasteiger partial charge in [-0.15, -0.1) is 0 Å². The summed E-state index contributed by atoms with van der Waals surface area (Å²) in [6, 6.07) is 20.1. The lowest BCUT2D eigenvalue weighted by Crippen LogP contribution is -2.12. The molecule has 0 aliphatic rings. The molecule has 7 nitrogen and oxygen atoms in total. The van der Waals surface area contributed by atoms with Crippen LogP contribution in [0.4, 0.5) is 22.9 Å². The number of anilines is 4. The molecule has 0 radical (unpaired) electrons. The van der Waals surface area contributed by atoms with Gasteiger partial charge in [-0.25, -0.2) is 4.98 Å². The zero-order valence-corrected chi connectivity index (χ0v) is 16.2. The van der Waals surface area contributed by atoms with Crippen LogP contribution in [0, 0.1) is 0 Å². The Bertz CT molecular complexity index is 1200. The molecule has 3 N–H and O–H groups in total. The Balaban J connectivity index is 1.44. The maximum atomic E-state index is 12.5. The van der Waals surface area contributed by atoms with Crippen molar-refractivity contribution in [1.82, 2.24) is 9.97 Å². The van der Waals surface area contributed by atoms with Crippen molar-refractivity contribution in [2.75, 3.05) is 16.0 Å². The van der Waals surface area contributed by atoms with Gasteiger partial charge >= 0.3 is 0 Å². The van der Waals surface area contributed by atoms with Crippen LogP contribution in [-0.2, 0) is 4.79 Å². The van der Waals surface area contributed by atoms with Crippen LogP contribution < -0.4 is 16.0 Å². The van der Waals surface area contributed by atoms with E-state index in [2.05, 4.69) is 25.9 Å². The number of aromatic nitrogens is 2. The van der Waals surface area contributed by atoms with E-state index < -0.39 is 0 Å². The fourth-order valence-corrected chi connectivity index (χ4v) is 2.99. The molecule has 0 unspecified atom stereocenters. The molecule has 7 heteroatoms. The Hall–Kier alpha value is -4.26. The predicted molar refractivity (Wildman–Crippen MR) is 118 cm³/mol. The number of rotatable bonds is 5. The number of hydrogen-bond donors (Lipinski definition) is 3. The lowest BCUT2D eigenvalue weighted by molar-refractivity contribution is -0.114. The first-order chi connectivity index (χ1) is 14.6. The van der Waals surface area contributed by atoms with Crippen molar-refractivity contribution in [1.29, 1.82) is 0 Å². The van der Waals surface area contributed by atoms with Crippen LogP contribution in [0.15, 0.2) is 79.1 Å². The quantitative estimate of drug-likeness (QED) is 0.458. The van der Waals surface area contributed by atoms with Gasteiger partial charge < -0.3 is 16.0 Å². The van der Waals surface area contributed by atoms with Gasteiger partial charge in [0.05, 0.1) is 16.8 Å². The Morgan fingerprint density at radius 1 is 0.800 bits per heavy atom. The number of nitrogens with one attached hydrogen (secondary N) is 3. The van der Waals surface area contributed by atoms with Gasteiger partial charge in [0.25, 0.3) is 5.91 Å². The summed E-state index contributed by atoms with van der Waals surface area (Å²) in [7, 11) is 0. The van der Waals surface area contributed by atoms with Crippen molar-refractivity contribution in [2.45, 2.75) is 6.92 Å². The average Bonchev–Trinajstić information content (AvgIpc) is 2.75. The van der Waals surface area contributed by atoms with E-state index in [1.807, 2.05) is 30.3 Å². The summed E-state index contributed by atoms with van der Waals surface area (Å²) in [4.78, 5) is 32.3. The average molecular weight is 397 g/mol. The van der Waals surface area contributed by atoms with Crippen molar-refractivity contribution in [3.8, 4) is 0 Å².